The molecule has 1 fully saturated rings. The molecule has 0 saturated carbocycles. The molecule has 2 aromatic carbocycles. The monoisotopic (exact) mass is 369 g/mol. The van der Waals surface area contributed by atoms with E-state index in [9.17, 15) is 0 Å². The van der Waals surface area contributed by atoms with Crippen LogP contribution in [0.2, 0.25) is 5.04 Å². The zero-order chi connectivity index (χ0) is 17.9. The normalized spacial score (nSPS) is 18.2. The van der Waals surface area contributed by atoms with Crippen LogP contribution in [0, 0.1) is 0 Å². The number of nitrogens with one attached hydrogen (secondary N) is 1. The van der Waals surface area contributed by atoms with E-state index < -0.39 is 8.32 Å². The Morgan fingerprint density at radius 2 is 1.52 bits per heavy atom. The molecule has 1 saturated heterocycles. The summed E-state index contributed by atoms with van der Waals surface area (Å²) >= 11 is 5.31. The zero-order valence-electron chi connectivity index (χ0n) is 15.3. The van der Waals surface area contributed by atoms with Gasteiger partial charge in [0.25, 0.3) is 8.32 Å². The Hall–Kier alpha value is -1.49. The van der Waals surface area contributed by atoms with Crippen LogP contribution in [0.5, 0.6) is 0 Å². The summed E-state index contributed by atoms with van der Waals surface area (Å²) in [7, 11) is -2.42. The van der Waals surface area contributed by atoms with Gasteiger partial charge in [-0.1, -0.05) is 93.7 Å². The van der Waals surface area contributed by atoms with Crippen LogP contribution in [0.15, 0.2) is 60.7 Å². The van der Waals surface area contributed by atoms with Crippen molar-refractivity contribution in [3.05, 3.63) is 60.7 Å². The molecule has 2 aromatic rings. The maximum atomic E-state index is 6.92. The van der Waals surface area contributed by atoms with E-state index in [1.54, 1.807) is 0 Å². The summed E-state index contributed by atoms with van der Waals surface area (Å²) in [5, 5.41) is 6.09. The van der Waals surface area contributed by atoms with Gasteiger partial charge in [0.05, 0.1) is 11.6 Å². The van der Waals surface area contributed by atoms with Gasteiger partial charge < -0.3 is 9.74 Å². The molecule has 1 atom stereocenters. The lowest BCUT2D eigenvalue weighted by Crippen LogP contribution is -2.67. The summed E-state index contributed by atoms with van der Waals surface area (Å²) in [6.45, 7) is 7.64. The first-order chi connectivity index (χ1) is 11.9. The van der Waals surface area contributed by atoms with Gasteiger partial charge in [-0.2, -0.15) is 0 Å². The Morgan fingerprint density at radius 3 is 1.92 bits per heavy atom. The second kappa shape index (κ2) is 7.40. The van der Waals surface area contributed by atoms with Crippen LogP contribution >= 0.6 is 12.2 Å². The molecule has 0 aromatic heterocycles. The highest BCUT2D eigenvalue weighted by molar-refractivity contribution is 7.80. The van der Waals surface area contributed by atoms with Gasteiger partial charge in [-0.15, -0.1) is 0 Å². The fourth-order valence-corrected chi connectivity index (χ4v) is 8.68. The molecule has 1 heterocycles. The molecule has 2 nitrogen and oxygen atoms in total. The summed E-state index contributed by atoms with van der Waals surface area (Å²) < 4.78 is 6.92. The fraction of sp³-hybridized carbons (Fsp3) is 0.381. The molecule has 0 amide bonds. The molecule has 1 aliphatic rings. The molecule has 0 radical (unpaired) electrons. The SMILES string of the molecule is CC(C)(C)[Si](OC[C@H]1CCC(=S)N1)(c1ccccc1)c1ccccc1. The summed E-state index contributed by atoms with van der Waals surface area (Å²) in [6.07, 6.45) is 2.04. The van der Waals surface area contributed by atoms with E-state index in [0.717, 1.165) is 17.8 Å². The average molecular weight is 370 g/mol. The molecule has 4 heteroatoms. The second-order valence-electron chi connectivity index (χ2n) is 7.78. The maximum Gasteiger partial charge on any atom is 0.261 e. The molecule has 3 rings (SSSR count). The largest absolute Gasteiger partial charge is 0.405 e. The van der Waals surface area contributed by atoms with Gasteiger partial charge in [0.15, 0.2) is 0 Å². The Labute approximate surface area is 157 Å². The Bertz CT molecular complexity index is 672. The summed E-state index contributed by atoms with van der Waals surface area (Å²) in [5.74, 6) is 0. The minimum Gasteiger partial charge on any atom is -0.405 e. The quantitative estimate of drug-likeness (QED) is 0.642. The third kappa shape index (κ3) is 3.71. The highest BCUT2D eigenvalue weighted by atomic mass is 32.1. The predicted molar refractivity (Wildman–Crippen MR) is 112 cm³/mol. The predicted octanol–water partition coefficient (Wildman–Crippen LogP) is 3.64. The first-order valence-corrected chi connectivity index (χ1v) is 11.3. The van der Waals surface area contributed by atoms with Crippen molar-refractivity contribution in [2.75, 3.05) is 6.61 Å². The molecule has 25 heavy (non-hydrogen) atoms. The lowest BCUT2D eigenvalue weighted by Gasteiger charge is -2.43. The van der Waals surface area contributed by atoms with Crippen molar-refractivity contribution in [3.8, 4) is 0 Å². The molecule has 0 bridgehead atoms. The van der Waals surface area contributed by atoms with E-state index in [1.807, 2.05) is 0 Å². The van der Waals surface area contributed by atoms with E-state index in [2.05, 4.69) is 86.8 Å². The Kier molecular flexibility index (Phi) is 5.42. The van der Waals surface area contributed by atoms with E-state index in [0.29, 0.717) is 12.6 Å². The number of rotatable bonds is 5. The Balaban J connectivity index is 2.04. The van der Waals surface area contributed by atoms with Crippen molar-refractivity contribution < 1.29 is 4.43 Å². The van der Waals surface area contributed by atoms with Crippen LogP contribution in [0.3, 0.4) is 0 Å². The minimum atomic E-state index is -2.42. The molecular formula is C21H27NOSSi. The number of hydrogen-bond donors (Lipinski definition) is 1. The van der Waals surface area contributed by atoms with E-state index >= 15 is 0 Å². The van der Waals surface area contributed by atoms with Gasteiger partial charge in [0, 0.05) is 6.04 Å². The minimum absolute atomic E-state index is 0.0226. The van der Waals surface area contributed by atoms with Gasteiger partial charge in [-0.05, 0) is 28.3 Å². The topological polar surface area (TPSA) is 21.3 Å². The first-order valence-electron chi connectivity index (χ1n) is 8.98. The summed E-state index contributed by atoms with van der Waals surface area (Å²) in [6, 6.07) is 21.9. The zero-order valence-corrected chi connectivity index (χ0v) is 17.1. The molecule has 0 aliphatic carbocycles. The van der Waals surface area contributed by atoms with Crippen molar-refractivity contribution in [3.63, 3.8) is 0 Å². The lowest BCUT2D eigenvalue weighted by atomic mass is 10.2. The maximum absolute atomic E-state index is 6.92. The van der Waals surface area contributed by atoms with Crippen molar-refractivity contribution in [1.29, 1.82) is 0 Å². The average Bonchev–Trinajstić information content (AvgIpc) is 3.02. The number of hydrogen-bond acceptors (Lipinski definition) is 2. The Morgan fingerprint density at radius 1 is 1.00 bits per heavy atom. The molecule has 0 unspecified atom stereocenters. The highest BCUT2D eigenvalue weighted by Gasteiger charge is 2.50. The third-order valence-electron chi connectivity index (χ3n) is 5.00. The van der Waals surface area contributed by atoms with E-state index in [-0.39, 0.29) is 5.04 Å². The van der Waals surface area contributed by atoms with E-state index in [1.165, 1.54) is 10.4 Å². The highest BCUT2D eigenvalue weighted by Crippen LogP contribution is 2.37. The molecule has 1 N–H and O–H groups in total. The van der Waals surface area contributed by atoms with Crippen molar-refractivity contribution in [2.24, 2.45) is 0 Å². The standard InChI is InChI=1S/C21H27NOSSi/c1-21(2,3)25(18-10-6-4-7-11-18,19-12-8-5-9-13-19)23-16-17-14-15-20(24)22-17/h4-13,17H,14-16H2,1-3H3,(H,22,24)/t17-/m1/s1. The first kappa shape index (κ1) is 18.3. The van der Waals surface area contributed by atoms with Crippen LogP contribution < -0.4 is 15.7 Å². The number of benzene rings is 2. The van der Waals surface area contributed by atoms with Gasteiger partial charge in [-0.25, -0.2) is 0 Å². The smallest absolute Gasteiger partial charge is 0.261 e. The van der Waals surface area contributed by atoms with Crippen LogP contribution in [-0.2, 0) is 4.43 Å². The lowest BCUT2D eigenvalue weighted by molar-refractivity contribution is 0.264. The second-order valence-corrected chi connectivity index (χ2v) is 12.6. The van der Waals surface area contributed by atoms with Crippen LogP contribution in [-0.4, -0.2) is 26.0 Å². The van der Waals surface area contributed by atoms with Crippen molar-refractivity contribution in [2.45, 2.75) is 44.7 Å². The van der Waals surface area contributed by atoms with Crippen molar-refractivity contribution in [1.82, 2.24) is 5.32 Å². The van der Waals surface area contributed by atoms with Gasteiger partial charge in [0.1, 0.15) is 0 Å². The van der Waals surface area contributed by atoms with Gasteiger partial charge in [-0.3, -0.25) is 0 Å². The summed E-state index contributed by atoms with van der Waals surface area (Å²) in [4.78, 5) is 0.969. The summed E-state index contributed by atoms with van der Waals surface area (Å²) in [5.41, 5.74) is 0. The van der Waals surface area contributed by atoms with Crippen molar-refractivity contribution >= 4 is 35.9 Å². The molecule has 132 valence electrons. The van der Waals surface area contributed by atoms with Gasteiger partial charge >= 0.3 is 0 Å². The van der Waals surface area contributed by atoms with E-state index in [4.69, 9.17) is 16.6 Å². The molecule has 0 spiro atoms. The van der Waals surface area contributed by atoms with Crippen LogP contribution in [0.4, 0.5) is 0 Å². The van der Waals surface area contributed by atoms with Crippen LogP contribution in [0.25, 0.3) is 0 Å². The number of thiocarbonyl (C=S) groups is 1. The third-order valence-corrected chi connectivity index (χ3v) is 10.3. The van der Waals surface area contributed by atoms with Gasteiger partial charge in [0.2, 0.25) is 0 Å². The molecule has 1 aliphatic heterocycles. The fourth-order valence-electron chi connectivity index (χ4n) is 3.79. The molecular weight excluding hydrogens is 342 g/mol. The van der Waals surface area contributed by atoms with Crippen LogP contribution in [0.1, 0.15) is 33.6 Å².